The van der Waals surface area contributed by atoms with Gasteiger partial charge in [0.2, 0.25) is 0 Å². The lowest BCUT2D eigenvalue weighted by atomic mass is 10.1. The normalized spacial score (nSPS) is 13.8. The van der Waals surface area contributed by atoms with Crippen molar-refractivity contribution < 1.29 is 103 Å². The molecule has 0 aromatic heterocycles. The fourth-order valence-corrected chi connectivity index (χ4v) is 11.7. The number of nitrogen functional groups attached to an aromatic ring is 2. The van der Waals surface area contributed by atoms with Gasteiger partial charge in [0, 0.05) is 10.8 Å². The summed E-state index contributed by atoms with van der Waals surface area (Å²) in [5, 5.41) is 21.6. The van der Waals surface area contributed by atoms with Gasteiger partial charge in [-0.3, -0.25) is 27.3 Å². The second kappa shape index (κ2) is 20.5. The van der Waals surface area contributed by atoms with Gasteiger partial charge in [-0.1, -0.05) is 12.1 Å². The predicted octanol–water partition coefficient (Wildman–Crippen LogP) is 3.42. The van der Waals surface area contributed by atoms with Crippen LogP contribution in [0.1, 0.15) is 0 Å². The quantitative estimate of drug-likeness (QED) is 0.0314. The van der Waals surface area contributed by atoms with Gasteiger partial charge in [0.1, 0.15) is 48.0 Å². The molecule has 0 aliphatic carbocycles. The molecule has 5 aromatic rings. The molecule has 5 aromatic carbocycles. The van der Waals surface area contributed by atoms with E-state index in [9.17, 15) is 85.6 Å². The van der Waals surface area contributed by atoms with E-state index in [0.717, 1.165) is 30.3 Å². The maximum absolute atomic E-state index is 12.8. The molecular weight excluding hydrogens is 1140 g/mol. The Balaban J connectivity index is 1.73. The van der Waals surface area contributed by atoms with E-state index >= 15 is 0 Å². The molecule has 0 saturated carbocycles. The average molecular weight is 1170 g/mol. The zero-order chi connectivity index (χ0) is 54.2. The Hall–Kier alpha value is -5.96. The fraction of sp³-hybridized carbons (Fsp3) is 0.125. The second-order valence-corrected chi connectivity index (χ2v) is 25.7. The molecule has 0 amide bonds. The van der Waals surface area contributed by atoms with Crippen LogP contribution < -0.4 is 11.5 Å². The largest absolute Gasteiger partial charge is 0.397 e. The van der Waals surface area contributed by atoms with Gasteiger partial charge in [0.25, 0.3) is 40.5 Å². The van der Waals surface area contributed by atoms with Gasteiger partial charge in [-0.2, -0.15) is 55.6 Å². The van der Waals surface area contributed by atoms with Gasteiger partial charge in [-0.25, -0.2) is 25.2 Å². The van der Waals surface area contributed by atoms with Crippen LogP contribution in [-0.4, -0.2) is 119 Å². The van der Waals surface area contributed by atoms with E-state index in [-0.39, 0.29) is 0 Å². The molecule has 0 unspecified atom stereocenters. The van der Waals surface area contributed by atoms with E-state index in [4.69, 9.17) is 20.6 Å². The highest BCUT2D eigenvalue weighted by atomic mass is 32.3. The van der Waals surface area contributed by atoms with Crippen LogP contribution in [0.3, 0.4) is 0 Å². The molecule has 0 bridgehead atoms. The van der Waals surface area contributed by atoms with E-state index in [2.05, 4.69) is 39.1 Å². The monoisotopic (exact) mass is 1170 g/mol. The molecule has 40 heteroatoms. The molecule has 0 heterocycles. The summed E-state index contributed by atoms with van der Waals surface area (Å²) in [6.45, 7) is -2.29. The topological polar surface area (TPSA) is 539 Å². The summed E-state index contributed by atoms with van der Waals surface area (Å²) in [5.41, 5.74) is 6.74. The van der Waals surface area contributed by atoms with Crippen molar-refractivity contribution in [1.29, 1.82) is 0 Å². The number of benzene rings is 5. The summed E-state index contributed by atoms with van der Waals surface area (Å²) in [5.74, 6) is -2.32. The molecule has 0 fully saturated rings. The van der Waals surface area contributed by atoms with Gasteiger partial charge >= 0.3 is 20.8 Å². The molecule has 0 aliphatic heterocycles. The van der Waals surface area contributed by atoms with Crippen molar-refractivity contribution in [3.63, 3.8) is 0 Å². The van der Waals surface area contributed by atoms with Crippen LogP contribution in [0, 0.1) is 0 Å². The number of nitrogens with zero attached hydrogens (tertiary/aromatic N) is 6. The Labute approximate surface area is 406 Å². The lowest BCUT2D eigenvalue weighted by Crippen LogP contribution is -2.16. The van der Waals surface area contributed by atoms with Crippen LogP contribution in [0.15, 0.2) is 133 Å². The third kappa shape index (κ3) is 14.4. The van der Waals surface area contributed by atoms with Crippen molar-refractivity contribution in [3.8, 4) is 0 Å². The minimum absolute atomic E-state index is 0.359. The number of sulfone groups is 2. The number of nitrogens with two attached hydrogens (primary N) is 2. The summed E-state index contributed by atoms with van der Waals surface area (Å²) >= 11 is 0. The zero-order valence-corrected chi connectivity index (χ0v) is 41.4. The van der Waals surface area contributed by atoms with Crippen molar-refractivity contribution in [2.75, 3.05) is 36.2 Å². The van der Waals surface area contributed by atoms with Gasteiger partial charge in [0.05, 0.1) is 51.6 Å². The molecule has 0 atom stereocenters. The van der Waals surface area contributed by atoms with Crippen molar-refractivity contribution in [1.82, 2.24) is 0 Å². The Morgan fingerprint density at radius 3 is 1.22 bits per heavy atom. The SMILES string of the molecule is Nc1c(N=Nc2cc(S(=O)(=O)O)c3cccc(S(=O)(=O)O)c3c2)cc(N=Nc2ccc(S(=O)(=O)CCOS(=O)(=O)O)cc2S(=O)(=O)O)c(N)c1N=Nc1ccc(S(=O)(=O)CCOS(=O)(=O)O)cc1S(=O)(=O)O. The van der Waals surface area contributed by atoms with Gasteiger partial charge in [0.15, 0.2) is 19.7 Å². The van der Waals surface area contributed by atoms with Crippen molar-refractivity contribution in [2.24, 2.45) is 30.7 Å². The first-order valence-corrected chi connectivity index (χ1v) is 30.0. The molecule has 0 saturated heterocycles. The Bertz CT molecular complexity index is 4100. The molecular formula is C32H30N8O24S8. The van der Waals surface area contributed by atoms with Crippen molar-refractivity contribution >= 4 is 137 Å². The number of rotatable bonds is 20. The molecule has 72 heavy (non-hydrogen) atoms. The first-order chi connectivity index (χ1) is 32.8. The number of hydrogen-bond acceptors (Lipinski definition) is 26. The summed E-state index contributed by atoms with van der Waals surface area (Å²) in [4.78, 5) is -6.05. The molecule has 10 N–H and O–H groups in total. The summed E-state index contributed by atoms with van der Waals surface area (Å²) in [6, 6.07) is 8.82. The first kappa shape index (κ1) is 56.9. The highest BCUT2D eigenvalue weighted by Crippen LogP contribution is 2.46. The zero-order valence-electron chi connectivity index (χ0n) is 34.9. The maximum Gasteiger partial charge on any atom is 0.397 e. The molecule has 0 radical (unpaired) electrons. The van der Waals surface area contributed by atoms with Crippen LogP contribution in [-0.2, 0) is 89.3 Å². The molecule has 32 nitrogen and oxygen atoms in total. The van der Waals surface area contributed by atoms with Gasteiger partial charge in [-0.05, 0) is 60.7 Å². The Kier molecular flexibility index (Phi) is 16.2. The van der Waals surface area contributed by atoms with Crippen LogP contribution in [0.25, 0.3) is 10.8 Å². The summed E-state index contributed by atoms with van der Waals surface area (Å²) in [7, 11) is -40.6. The minimum Gasteiger partial charge on any atom is -0.395 e. The van der Waals surface area contributed by atoms with E-state index < -0.39 is 191 Å². The Morgan fingerprint density at radius 1 is 0.403 bits per heavy atom. The van der Waals surface area contributed by atoms with Crippen LogP contribution in [0.4, 0.5) is 45.5 Å². The van der Waals surface area contributed by atoms with Crippen LogP contribution >= 0.6 is 0 Å². The summed E-state index contributed by atoms with van der Waals surface area (Å²) < 4.78 is 259. The lowest BCUT2D eigenvalue weighted by molar-refractivity contribution is 0.282. The Morgan fingerprint density at radius 2 is 0.806 bits per heavy atom. The number of anilines is 2. The molecule has 0 spiro atoms. The third-order valence-electron chi connectivity index (χ3n) is 8.90. The van der Waals surface area contributed by atoms with Gasteiger partial charge < -0.3 is 11.5 Å². The first-order valence-electron chi connectivity index (χ1n) is 18.2. The van der Waals surface area contributed by atoms with Crippen LogP contribution in [0.2, 0.25) is 0 Å². The third-order valence-corrected chi connectivity index (χ3v) is 16.7. The van der Waals surface area contributed by atoms with Crippen LogP contribution in [0.5, 0.6) is 0 Å². The average Bonchev–Trinajstić information content (AvgIpc) is 3.22. The van der Waals surface area contributed by atoms with Gasteiger partial charge in [-0.15, -0.1) is 25.6 Å². The van der Waals surface area contributed by atoms with E-state index in [1.165, 1.54) is 0 Å². The standard InChI is InChI=1S/C32H30N8O24S8/c33-30-24(38-35-17-12-21-20(27(13-17)68(48,49)50)2-1-3-26(21)67(45,46)47)16-25(39-36-22-6-4-18(14-28(22)69(51,52)53)65(41,42)10-8-63-71(57,58)59)31(34)32(30)40-37-23-7-5-19(15-29(23)70(54,55)56)66(43,44)11-9-64-72(60,61)62/h1-7,12-16H,8-11,33-34H2,(H,45,46,47)(H,48,49,50)(H,51,52,53)(H,54,55,56)(H,57,58,59)(H,60,61,62). The highest BCUT2D eigenvalue weighted by Gasteiger charge is 2.27. The minimum atomic E-state index is -5.44. The second-order valence-electron chi connectivity index (χ2n) is 13.8. The van der Waals surface area contributed by atoms with Crippen molar-refractivity contribution in [3.05, 3.63) is 72.8 Å². The number of hydrogen-bond donors (Lipinski definition) is 8. The summed E-state index contributed by atoms with van der Waals surface area (Å²) in [6.07, 6.45) is 0. The number of fused-ring (bicyclic) bond motifs is 1. The molecule has 0 aliphatic rings. The van der Waals surface area contributed by atoms with Crippen molar-refractivity contribution in [2.45, 2.75) is 29.4 Å². The predicted molar refractivity (Wildman–Crippen MR) is 243 cm³/mol. The highest BCUT2D eigenvalue weighted by molar-refractivity contribution is 7.92. The van der Waals surface area contributed by atoms with E-state index in [1.807, 2.05) is 0 Å². The van der Waals surface area contributed by atoms with E-state index in [1.54, 1.807) is 0 Å². The molecule has 390 valence electrons. The maximum atomic E-state index is 12.8. The number of azo groups is 3. The smallest absolute Gasteiger partial charge is 0.395 e. The molecule has 5 rings (SSSR count). The fourth-order valence-electron chi connectivity index (χ4n) is 5.76. The van der Waals surface area contributed by atoms with E-state index in [0.29, 0.717) is 42.5 Å². The lowest BCUT2D eigenvalue weighted by Gasteiger charge is -2.11.